The van der Waals surface area contributed by atoms with Gasteiger partial charge in [-0.3, -0.25) is 4.79 Å². The molecular formula is C33H66O5. The molecule has 0 rings (SSSR count). The van der Waals surface area contributed by atoms with Crippen molar-refractivity contribution in [3.05, 3.63) is 0 Å². The lowest BCUT2D eigenvalue weighted by molar-refractivity contribution is -0.137. The smallest absolute Gasteiger partial charge is 0.481 e. The maximum Gasteiger partial charge on any atom is 0.508 e. The fourth-order valence-corrected chi connectivity index (χ4v) is 4.41. The molecule has 0 aromatic rings. The number of hydrogen-bond acceptors (Lipinski definition) is 4. The second-order valence-electron chi connectivity index (χ2n) is 10.9. The highest BCUT2D eigenvalue weighted by Gasteiger charge is 2.03. The maximum atomic E-state index is 11.3. The van der Waals surface area contributed by atoms with Gasteiger partial charge in [-0.25, -0.2) is 4.79 Å². The fourth-order valence-electron chi connectivity index (χ4n) is 4.41. The Morgan fingerprint density at radius 3 is 0.974 bits per heavy atom. The van der Waals surface area contributed by atoms with Crippen molar-refractivity contribution in [1.29, 1.82) is 0 Å². The first kappa shape index (κ1) is 38.9. The zero-order valence-electron chi connectivity index (χ0n) is 25.9. The van der Waals surface area contributed by atoms with Gasteiger partial charge in [0.2, 0.25) is 0 Å². The maximum absolute atomic E-state index is 11.3. The molecule has 0 amide bonds. The molecule has 0 aliphatic carbocycles. The van der Waals surface area contributed by atoms with Crippen LogP contribution in [0.2, 0.25) is 0 Å². The van der Waals surface area contributed by atoms with E-state index >= 15 is 0 Å². The number of carbonyl (C=O) groups is 2. The normalized spacial score (nSPS) is 10.6. The Kier molecular flexibility index (Phi) is 36.6. The summed E-state index contributed by atoms with van der Waals surface area (Å²) in [6.45, 7) is 7.69. The van der Waals surface area contributed by atoms with Gasteiger partial charge >= 0.3 is 12.1 Å². The van der Waals surface area contributed by atoms with E-state index in [1.807, 2.05) is 0 Å². The molecule has 5 heteroatoms. The van der Waals surface area contributed by atoms with E-state index in [1.54, 1.807) is 0 Å². The Bertz CT molecular complexity index is 446. The van der Waals surface area contributed by atoms with Gasteiger partial charge in [-0.05, 0) is 19.3 Å². The van der Waals surface area contributed by atoms with E-state index < -0.39 is 12.1 Å². The second kappa shape index (κ2) is 35.7. The van der Waals surface area contributed by atoms with Gasteiger partial charge in [0.05, 0.1) is 13.2 Å². The molecule has 5 nitrogen and oxygen atoms in total. The molecule has 0 heterocycles. The molecule has 0 fully saturated rings. The van der Waals surface area contributed by atoms with E-state index in [9.17, 15) is 9.59 Å². The number of aliphatic carboxylic acids is 1. The number of carboxylic acids is 1. The van der Waals surface area contributed by atoms with Crippen molar-refractivity contribution in [2.75, 3.05) is 13.2 Å². The predicted molar refractivity (Wildman–Crippen MR) is 162 cm³/mol. The Hall–Kier alpha value is -1.26. The number of ether oxygens (including phenoxy) is 2. The van der Waals surface area contributed by atoms with Gasteiger partial charge in [-0.15, -0.1) is 0 Å². The summed E-state index contributed by atoms with van der Waals surface area (Å²) in [5.41, 5.74) is 0. The molecular weight excluding hydrogens is 476 g/mol. The fraction of sp³-hybridized carbons (Fsp3) is 0.939. The van der Waals surface area contributed by atoms with Gasteiger partial charge in [0.15, 0.2) is 0 Å². The molecule has 0 saturated carbocycles. The van der Waals surface area contributed by atoms with Crippen molar-refractivity contribution in [1.82, 2.24) is 0 Å². The Morgan fingerprint density at radius 2 is 0.684 bits per heavy atom. The summed E-state index contributed by atoms with van der Waals surface area (Å²) in [7, 11) is 0. The molecule has 0 bridgehead atoms. The molecule has 0 saturated heterocycles. The van der Waals surface area contributed by atoms with Gasteiger partial charge in [-0.1, -0.05) is 162 Å². The van der Waals surface area contributed by atoms with Gasteiger partial charge in [0.25, 0.3) is 0 Å². The van der Waals surface area contributed by atoms with Crippen molar-refractivity contribution < 1.29 is 24.2 Å². The van der Waals surface area contributed by atoms with Crippen LogP contribution in [0.4, 0.5) is 4.79 Å². The average molecular weight is 543 g/mol. The summed E-state index contributed by atoms with van der Waals surface area (Å²) < 4.78 is 10.1. The molecule has 1 N–H and O–H groups in total. The van der Waals surface area contributed by atoms with E-state index in [0.717, 1.165) is 38.5 Å². The molecule has 0 aromatic carbocycles. The van der Waals surface area contributed by atoms with Gasteiger partial charge < -0.3 is 14.6 Å². The first-order valence-electron chi connectivity index (χ1n) is 16.6. The minimum atomic E-state index is -0.655. The van der Waals surface area contributed by atoms with Crippen LogP contribution in [-0.4, -0.2) is 30.4 Å². The molecule has 38 heavy (non-hydrogen) atoms. The van der Waals surface area contributed by atoms with Crippen LogP contribution < -0.4 is 0 Å². The molecule has 0 aliphatic rings. The molecule has 0 radical (unpaired) electrons. The van der Waals surface area contributed by atoms with E-state index in [1.165, 1.54) is 122 Å². The Morgan fingerprint density at radius 1 is 0.421 bits per heavy atom. The number of hydrogen-bond donors (Lipinski definition) is 1. The standard InChI is InChI=1S/C17H34O3.C16H32O2/c1-3-5-7-9-11-13-15-19-17(18)20-16-14-12-10-8-6-4-2;1-2-3-4-5-6-7-8-9-10-11-12-13-14-15-16(17)18/h3-16H2,1-2H3;2-15H2,1H3,(H,17,18). The van der Waals surface area contributed by atoms with E-state index in [0.29, 0.717) is 19.6 Å². The molecule has 0 aliphatic heterocycles. The molecule has 0 spiro atoms. The van der Waals surface area contributed by atoms with Crippen molar-refractivity contribution in [2.24, 2.45) is 0 Å². The van der Waals surface area contributed by atoms with Crippen LogP contribution in [0.3, 0.4) is 0 Å². The van der Waals surface area contributed by atoms with Crippen LogP contribution in [-0.2, 0) is 14.3 Å². The lowest BCUT2D eigenvalue weighted by Gasteiger charge is -2.06. The highest BCUT2D eigenvalue weighted by atomic mass is 16.7. The quantitative estimate of drug-likeness (QED) is 0.0786. The van der Waals surface area contributed by atoms with Gasteiger partial charge in [0, 0.05) is 6.42 Å². The average Bonchev–Trinajstić information content (AvgIpc) is 2.90. The summed E-state index contributed by atoms with van der Waals surface area (Å²) in [6.07, 6.45) is 31.2. The van der Waals surface area contributed by atoms with Gasteiger partial charge in [-0.2, -0.15) is 0 Å². The summed E-state index contributed by atoms with van der Waals surface area (Å²) >= 11 is 0. The monoisotopic (exact) mass is 542 g/mol. The summed E-state index contributed by atoms with van der Waals surface area (Å²) in [4.78, 5) is 21.6. The van der Waals surface area contributed by atoms with E-state index in [4.69, 9.17) is 14.6 Å². The third-order valence-electron chi connectivity index (χ3n) is 6.93. The molecule has 0 unspecified atom stereocenters. The van der Waals surface area contributed by atoms with Crippen LogP contribution >= 0.6 is 0 Å². The van der Waals surface area contributed by atoms with Crippen LogP contribution in [0.25, 0.3) is 0 Å². The molecule has 0 aromatic heterocycles. The van der Waals surface area contributed by atoms with E-state index in [2.05, 4.69) is 20.8 Å². The SMILES string of the molecule is CCCCCCCCCCCCCCCC(=O)O.CCCCCCCCOC(=O)OCCCCCCCC. The number of unbranched alkanes of at least 4 members (excludes halogenated alkanes) is 22. The lowest BCUT2D eigenvalue weighted by atomic mass is 10.0. The number of carboxylic acid groups (broad SMARTS) is 1. The number of rotatable bonds is 28. The van der Waals surface area contributed by atoms with E-state index in [-0.39, 0.29) is 0 Å². The zero-order valence-corrected chi connectivity index (χ0v) is 25.9. The van der Waals surface area contributed by atoms with Crippen molar-refractivity contribution in [2.45, 2.75) is 188 Å². The highest BCUT2D eigenvalue weighted by molar-refractivity contribution is 5.66. The third kappa shape index (κ3) is 39.3. The topological polar surface area (TPSA) is 72.8 Å². The van der Waals surface area contributed by atoms with Crippen molar-refractivity contribution in [3.63, 3.8) is 0 Å². The Labute approximate surface area is 237 Å². The van der Waals surface area contributed by atoms with Crippen LogP contribution in [0, 0.1) is 0 Å². The van der Waals surface area contributed by atoms with Crippen LogP contribution in [0.5, 0.6) is 0 Å². The molecule has 228 valence electrons. The predicted octanol–water partition coefficient (Wildman–Crippen LogP) is 11.4. The summed E-state index contributed by atoms with van der Waals surface area (Å²) in [5, 5.41) is 8.49. The van der Waals surface area contributed by atoms with Crippen LogP contribution in [0.1, 0.15) is 188 Å². The summed E-state index contributed by atoms with van der Waals surface area (Å²) in [6, 6.07) is 0. The second-order valence-corrected chi connectivity index (χ2v) is 10.9. The van der Waals surface area contributed by atoms with Crippen molar-refractivity contribution in [3.8, 4) is 0 Å². The summed E-state index contributed by atoms with van der Waals surface area (Å²) in [5.74, 6) is -0.655. The first-order chi connectivity index (χ1) is 18.6. The van der Waals surface area contributed by atoms with Crippen molar-refractivity contribution >= 4 is 12.1 Å². The largest absolute Gasteiger partial charge is 0.508 e. The van der Waals surface area contributed by atoms with Gasteiger partial charge in [0.1, 0.15) is 0 Å². The molecule has 0 atom stereocenters. The lowest BCUT2D eigenvalue weighted by Crippen LogP contribution is -2.09. The zero-order chi connectivity index (χ0) is 28.4. The first-order valence-corrected chi connectivity index (χ1v) is 16.6. The highest BCUT2D eigenvalue weighted by Crippen LogP contribution is 2.13. The minimum Gasteiger partial charge on any atom is -0.481 e. The van der Waals surface area contributed by atoms with Crippen LogP contribution in [0.15, 0.2) is 0 Å². The Balaban J connectivity index is 0. The third-order valence-corrected chi connectivity index (χ3v) is 6.93. The number of carbonyl (C=O) groups excluding carboxylic acids is 1. The minimum absolute atomic E-state index is 0.345.